The van der Waals surface area contributed by atoms with Gasteiger partial charge in [-0.05, 0) is 39.9 Å². The van der Waals surface area contributed by atoms with Gasteiger partial charge in [0.05, 0.1) is 16.2 Å². The molecule has 0 spiro atoms. The second-order valence-electron chi connectivity index (χ2n) is 3.87. The Morgan fingerprint density at radius 3 is 2.72 bits per heavy atom. The van der Waals surface area contributed by atoms with Crippen LogP contribution in [0, 0.1) is 11.6 Å². The highest BCUT2D eigenvalue weighted by Crippen LogP contribution is 2.30. The minimum Gasteiger partial charge on any atom is -0.375 e. The Balaban J connectivity index is 2.25. The summed E-state index contributed by atoms with van der Waals surface area (Å²) in [5.41, 5.74) is 0.309. The van der Waals surface area contributed by atoms with Crippen molar-refractivity contribution >= 4 is 33.0 Å². The Kier molecular flexibility index (Phi) is 4.35. The molecule has 1 aromatic carbocycles. The van der Waals surface area contributed by atoms with Crippen LogP contribution in [0.1, 0.15) is 24.3 Å². The third kappa shape index (κ3) is 2.90. The van der Waals surface area contributed by atoms with Gasteiger partial charge in [-0.15, -0.1) is 11.3 Å². The predicted octanol–water partition coefficient (Wildman–Crippen LogP) is 5.35. The van der Waals surface area contributed by atoms with E-state index in [4.69, 9.17) is 0 Å². The molecule has 2 aromatic rings. The maximum atomic E-state index is 13.6. The number of rotatable bonds is 4. The van der Waals surface area contributed by atoms with Gasteiger partial charge in [-0.2, -0.15) is 0 Å². The maximum Gasteiger partial charge on any atom is 0.149 e. The van der Waals surface area contributed by atoms with Crippen LogP contribution in [0.2, 0.25) is 0 Å². The van der Waals surface area contributed by atoms with Gasteiger partial charge in [-0.1, -0.05) is 13.0 Å². The van der Waals surface area contributed by atoms with E-state index in [2.05, 4.69) is 21.2 Å². The molecule has 0 radical (unpaired) electrons. The van der Waals surface area contributed by atoms with Crippen molar-refractivity contribution in [1.82, 2.24) is 0 Å². The molecule has 5 heteroatoms. The summed E-state index contributed by atoms with van der Waals surface area (Å²) in [4.78, 5) is 1.14. The zero-order valence-corrected chi connectivity index (χ0v) is 12.1. The number of anilines is 1. The largest absolute Gasteiger partial charge is 0.375 e. The molecule has 0 fully saturated rings. The van der Waals surface area contributed by atoms with Crippen LogP contribution in [-0.4, -0.2) is 0 Å². The summed E-state index contributed by atoms with van der Waals surface area (Å²) >= 11 is 4.68. The molecule has 0 aliphatic rings. The van der Waals surface area contributed by atoms with Gasteiger partial charge in [0.15, 0.2) is 0 Å². The Labute approximate surface area is 117 Å². The smallest absolute Gasteiger partial charge is 0.149 e. The highest BCUT2D eigenvalue weighted by Gasteiger charge is 2.14. The first-order valence-corrected chi connectivity index (χ1v) is 7.23. The normalized spacial score (nSPS) is 12.4. The van der Waals surface area contributed by atoms with Crippen molar-refractivity contribution in [2.45, 2.75) is 19.4 Å². The molecule has 2 rings (SSSR count). The third-order valence-electron chi connectivity index (χ3n) is 2.63. The van der Waals surface area contributed by atoms with Crippen molar-refractivity contribution in [2.24, 2.45) is 0 Å². The summed E-state index contributed by atoms with van der Waals surface area (Å²) in [6.07, 6.45) is 0.828. The van der Waals surface area contributed by atoms with Gasteiger partial charge in [0.25, 0.3) is 0 Å². The van der Waals surface area contributed by atoms with E-state index in [1.807, 2.05) is 24.4 Å². The van der Waals surface area contributed by atoms with E-state index in [1.165, 1.54) is 6.07 Å². The third-order valence-corrected chi connectivity index (χ3v) is 4.23. The van der Waals surface area contributed by atoms with Gasteiger partial charge in [0.1, 0.15) is 11.6 Å². The second kappa shape index (κ2) is 5.80. The fourth-order valence-electron chi connectivity index (χ4n) is 1.68. The molecule has 1 nitrogen and oxygen atoms in total. The summed E-state index contributed by atoms with van der Waals surface area (Å²) in [6, 6.07) is 6.31. The van der Waals surface area contributed by atoms with Gasteiger partial charge in [-0.3, -0.25) is 0 Å². The molecule has 0 saturated heterocycles. The van der Waals surface area contributed by atoms with Gasteiger partial charge in [0, 0.05) is 10.9 Å². The summed E-state index contributed by atoms with van der Waals surface area (Å²) < 4.78 is 27.0. The van der Waals surface area contributed by atoms with Crippen LogP contribution in [0.4, 0.5) is 14.5 Å². The average molecular weight is 332 g/mol. The molecule has 1 aromatic heterocycles. The van der Waals surface area contributed by atoms with Crippen molar-refractivity contribution in [3.8, 4) is 0 Å². The topological polar surface area (TPSA) is 12.0 Å². The Morgan fingerprint density at radius 1 is 1.33 bits per heavy atom. The first-order valence-electron chi connectivity index (χ1n) is 5.56. The van der Waals surface area contributed by atoms with Crippen molar-refractivity contribution in [2.75, 3.05) is 5.32 Å². The average Bonchev–Trinajstić information content (AvgIpc) is 2.85. The monoisotopic (exact) mass is 331 g/mol. The molecule has 0 aliphatic carbocycles. The first-order chi connectivity index (χ1) is 8.61. The van der Waals surface area contributed by atoms with Crippen LogP contribution in [0.15, 0.2) is 34.1 Å². The van der Waals surface area contributed by atoms with E-state index >= 15 is 0 Å². The number of hydrogen-bond donors (Lipinski definition) is 1. The lowest BCUT2D eigenvalue weighted by molar-refractivity contribution is 0.578. The molecule has 1 atom stereocenters. The minimum absolute atomic E-state index is 0.0388. The summed E-state index contributed by atoms with van der Waals surface area (Å²) in [7, 11) is 0. The fraction of sp³-hybridized carbons (Fsp3) is 0.231. The van der Waals surface area contributed by atoms with Gasteiger partial charge in [0.2, 0.25) is 0 Å². The van der Waals surface area contributed by atoms with Crippen LogP contribution in [0.25, 0.3) is 0 Å². The van der Waals surface area contributed by atoms with E-state index in [1.54, 1.807) is 11.3 Å². The highest BCUT2D eigenvalue weighted by atomic mass is 79.9. The molecule has 0 aliphatic heterocycles. The molecule has 1 N–H and O–H groups in total. The van der Waals surface area contributed by atoms with Crippen LogP contribution in [0.5, 0.6) is 0 Å². The number of benzene rings is 1. The zero-order chi connectivity index (χ0) is 13.1. The quantitative estimate of drug-likeness (QED) is 0.744. The van der Waals surface area contributed by atoms with E-state index in [0.29, 0.717) is 5.69 Å². The van der Waals surface area contributed by atoms with E-state index in [-0.39, 0.29) is 10.5 Å². The molecular formula is C13H12BrF2NS. The lowest BCUT2D eigenvalue weighted by Gasteiger charge is -2.17. The molecule has 0 bridgehead atoms. The van der Waals surface area contributed by atoms with E-state index in [9.17, 15) is 8.78 Å². The molecule has 1 unspecified atom stereocenters. The molecule has 96 valence electrons. The lowest BCUT2D eigenvalue weighted by atomic mass is 10.1. The van der Waals surface area contributed by atoms with Crippen molar-refractivity contribution in [3.05, 3.63) is 50.6 Å². The number of thiophene rings is 1. The van der Waals surface area contributed by atoms with Crippen LogP contribution in [0.3, 0.4) is 0 Å². The van der Waals surface area contributed by atoms with Crippen LogP contribution >= 0.6 is 27.3 Å². The summed E-state index contributed by atoms with van der Waals surface area (Å²) in [5, 5.41) is 5.09. The second-order valence-corrected chi connectivity index (χ2v) is 5.70. The number of hydrogen-bond acceptors (Lipinski definition) is 2. The van der Waals surface area contributed by atoms with Crippen LogP contribution in [-0.2, 0) is 0 Å². The van der Waals surface area contributed by atoms with Crippen molar-refractivity contribution < 1.29 is 8.78 Å². The van der Waals surface area contributed by atoms with Crippen molar-refractivity contribution in [1.29, 1.82) is 0 Å². The molecule has 1 heterocycles. The van der Waals surface area contributed by atoms with Crippen molar-refractivity contribution in [3.63, 3.8) is 0 Å². The van der Waals surface area contributed by atoms with Gasteiger partial charge >= 0.3 is 0 Å². The molecule has 0 amide bonds. The van der Waals surface area contributed by atoms with Gasteiger partial charge < -0.3 is 5.32 Å². The number of halogens is 3. The lowest BCUT2D eigenvalue weighted by Crippen LogP contribution is -2.09. The van der Waals surface area contributed by atoms with Crippen LogP contribution < -0.4 is 5.32 Å². The Hall–Kier alpha value is -0.940. The fourth-order valence-corrected chi connectivity index (χ4v) is 2.89. The summed E-state index contributed by atoms with van der Waals surface area (Å²) in [6.45, 7) is 2.02. The van der Waals surface area contributed by atoms with E-state index in [0.717, 1.165) is 17.4 Å². The number of nitrogens with one attached hydrogen (secondary N) is 1. The SMILES string of the molecule is CCC(Nc1cc(Br)c(F)cc1F)c1cccs1. The standard InChI is InChI=1S/C13H12BrF2NS/c1-2-11(13-4-3-5-18-13)17-12-6-8(14)9(15)7-10(12)16/h3-7,11,17H,2H2,1H3. The zero-order valence-electron chi connectivity index (χ0n) is 9.71. The van der Waals surface area contributed by atoms with E-state index < -0.39 is 11.6 Å². The molecule has 0 saturated carbocycles. The molecule has 18 heavy (non-hydrogen) atoms. The predicted molar refractivity (Wildman–Crippen MR) is 75.0 cm³/mol. The maximum absolute atomic E-state index is 13.6. The minimum atomic E-state index is -0.595. The Morgan fingerprint density at radius 2 is 2.11 bits per heavy atom. The first kappa shape index (κ1) is 13.5. The molecular weight excluding hydrogens is 320 g/mol. The Bertz CT molecular complexity index is 528. The highest BCUT2D eigenvalue weighted by molar-refractivity contribution is 9.10. The van der Waals surface area contributed by atoms with Gasteiger partial charge in [-0.25, -0.2) is 8.78 Å². The summed E-state index contributed by atoms with van der Waals surface area (Å²) in [5.74, 6) is -1.17.